The molecule has 0 heterocycles. The summed E-state index contributed by atoms with van der Waals surface area (Å²) in [6.07, 6.45) is 1.85. The second-order valence-corrected chi connectivity index (χ2v) is 9.66. The van der Waals surface area contributed by atoms with E-state index < -0.39 is 7.38 Å². The van der Waals surface area contributed by atoms with Crippen LogP contribution in [-0.4, -0.2) is 7.38 Å². The predicted octanol–water partition coefficient (Wildman–Crippen LogP) is 2.98. The smallest absolute Gasteiger partial charge is 0.162 e. The van der Waals surface area contributed by atoms with Gasteiger partial charge in [-0.2, -0.15) is 11.1 Å². The van der Waals surface area contributed by atoms with Gasteiger partial charge in [0.2, 0.25) is 0 Å². The van der Waals surface area contributed by atoms with Crippen molar-refractivity contribution in [2.24, 2.45) is 0 Å². The first-order valence-electron chi connectivity index (χ1n) is 3.96. The standard InChI is InChI=1S/C10H13ClSi/c1-4-9-6-5-7-10(8-9)12(2,3)11/h4-8H,1H2,2-3H3. The molecular formula is C10H13ClSi. The van der Waals surface area contributed by atoms with Crippen molar-refractivity contribution in [1.29, 1.82) is 0 Å². The quantitative estimate of drug-likeness (QED) is 0.504. The maximum absolute atomic E-state index is 6.29. The third kappa shape index (κ3) is 2.22. The molecule has 0 saturated heterocycles. The van der Waals surface area contributed by atoms with Crippen LogP contribution in [0, 0.1) is 0 Å². The van der Waals surface area contributed by atoms with Crippen LogP contribution < -0.4 is 5.19 Å². The highest BCUT2D eigenvalue weighted by molar-refractivity contribution is 7.26. The molecule has 0 N–H and O–H groups in total. The highest BCUT2D eigenvalue weighted by atomic mass is 35.6. The number of hydrogen-bond acceptors (Lipinski definition) is 0. The number of benzene rings is 1. The van der Waals surface area contributed by atoms with Crippen molar-refractivity contribution in [2.45, 2.75) is 13.1 Å². The van der Waals surface area contributed by atoms with Crippen LogP contribution in [0.15, 0.2) is 30.8 Å². The molecule has 0 nitrogen and oxygen atoms in total. The van der Waals surface area contributed by atoms with Crippen LogP contribution in [0.5, 0.6) is 0 Å². The molecule has 0 aliphatic heterocycles. The molecule has 0 atom stereocenters. The zero-order valence-corrected chi connectivity index (χ0v) is 9.23. The summed E-state index contributed by atoms with van der Waals surface area (Å²) in [6, 6.07) is 8.27. The van der Waals surface area contributed by atoms with E-state index in [1.807, 2.05) is 18.2 Å². The van der Waals surface area contributed by atoms with E-state index in [0.717, 1.165) is 5.56 Å². The van der Waals surface area contributed by atoms with Gasteiger partial charge in [0.1, 0.15) is 0 Å². The van der Waals surface area contributed by atoms with Crippen molar-refractivity contribution in [3.63, 3.8) is 0 Å². The molecule has 1 aromatic carbocycles. The largest absolute Gasteiger partial charge is 0.180 e. The molecule has 0 saturated carbocycles. The lowest BCUT2D eigenvalue weighted by Crippen LogP contribution is -2.34. The molecule has 0 fully saturated rings. The Bertz CT molecular complexity index is 286. The Hall–Kier alpha value is -0.533. The fourth-order valence-corrected chi connectivity index (χ4v) is 2.39. The fraction of sp³-hybridized carbons (Fsp3) is 0.200. The van der Waals surface area contributed by atoms with Crippen LogP contribution in [0.1, 0.15) is 5.56 Å². The van der Waals surface area contributed by atoms with Crippen molar-refractivity contribution in [3.05, 3.63) is 36.4 Å². The van der Waals surface area contributed by atoms with Gasteiger partial charge in [-0.05, 0) is 10.8 Å². The molecule has 0 bridgehead atoms. The Morgan fingerprint density at radius 2 is 2.08 bits per heavy atom. The molecule has 1 aromatic rings. The molecule has 0 amide bonds. The van der Waals surface area contributed by atoms with Crippen LogP contribution in [0.25, 0.3) is 6.08 Å². The Morgan fingerprint density at radius 1 is 1.42 bits per heavy atom. The molecule has 0 radical (unpaired) electrons. The van der Waals surface area contributed by atoms with Gasteiger partial charge in [-0.1, -0.05) is 50.0 Å². The minimum Gasteiger partial charge on any atom is -0.162 e. The van der Waals surface area contributed by atoms with Crippen molar-refractivity contribution in [1.82, 2.24) is 0 Å². The summed E-state index contributed by atoms with van der Waals surface area (Å²) in [6.45, 7) is 7.97. The summed E-state index contributed by atoms with van der Waals surface area (Å²) in [7, 11) is -1.66. The highest BCUT2D eigenvalue weighted by Crippen LogP contribution is 2.09. The fourth-order valence-electron chi connectivity index (χ4n) is 1.04. The molecule has 0 aromatic heterocycles. The third-order valence-electron chi connectivity index (χ3n) is 1.81. The Labute approximate surface area is 79.6 Å². The van der Waals surface area contributed by atoms with Crippen LogP contribution in [-0.2, 0) is 0 Å². The number of hydrogen-bond donors (Lipinski definition) is 0. The van der Waals surface area contributed by atoms with Crippen LogP contribution in [0.2, 0.25) is 13.1 Å². The molecule has 0 unspecified atom stereocenters. The SMILES string of the molecule is C=Cc1cccc([Si](C)(C)Cl)c1. The summed E-state index contributed by atoms with van der Waals surface area (Å²) in [4.78, 5) is 0. The first-order valence-corrected chi connectivity index (χ1v) is 7.97. The monoisotopic (exact) mass is 196 g/mol. The van der Waals surface area contributed by atoms with Gasteiger partial charge < -0.3 is 0 Å². The summed E-state index contributed by atoms with van der Waals surface area (Å²) >= 11 is 6.29. The lowest BCUT2D eigenvalue weighted by molar-refractivity contribution is 1.69. The molecule has 1 rings (SSSR count). The van der Waals surface area contributed by atoms with Crippen molar-refractivity contribution in [2.75, 3.05) is 0 Å². The van der Waals surface area contributed by atoms with E-state index in [0.29, 0.717) is 0 Å². The minimum atomic E-state index is -1.66. The second kappa shape index (κ2) is 3.46. The van der Waals surface area contributed by atoms with E-state index in [1.165, 1.54) is 5.19 Å². The predicted molar refractivity (Wildman–Crippen MR) is 59.5 cm³/mol. The molecule has 0 aliphatic carbocycles. The number of halogens is 1. The molecular weight excluding hydrogens is 184 g/mol. The lowest BCUT2D eigenvalue weighted by Gasteiger charge is -2.13. The Kier molecular flexibility index (Phi) is 2.75. The van der Waals surface area contributed by atoms with Gasteiger partial charge in [0, 0.05) is 0 Å². The Morgan fingerprint density at radius 3 is 2.58 bits per heavy atom. The topological polar surface area (TPSA) is 0 Å². The van der Waals surface area contributed by atoms with E-state index in [4.69, 9.17) is 11.1 Å². The van der Waals surface area contributed by atoms with E-state index >= 15 is 0 Å². The van der Waals surface area contributed by atoms with Gasteiger partial charge >= 0.3 is 0 Å². The van der Waals surface area contributed by atoms with E-state index in [1.54, 1.807) is 0 Å². The second-order valence-electron chi connectivity index (χ2n) is 3.30. The van der Waals surface area contributed by atoms with Gasteiger partial charge in [0.25, 0.3) is 0 Å². The maximum Gasteiger partial charge on any atom is 0.180 e. The summed E-state index contributed by atoms with van der Waals surface area (Å²) < 4.78 is 0. The normalized spacial score (nSPS) is 11.2. The van der Waals surface area contributed by atoms with E-state index in [2.05, 4.69) is 31.8 Å². The van der Waals surface area contributed by atoms with Crippen molar-refractivity contribution < 1.29 is 0 Å². The average molecular weight is 197 g/mol. The maximum atomic E-state index is 6.29. The zero-order valence-electron chi connectivity index (χ0n) is 7.47. The van der Waals surface area contributed by atoms with Gasteiger partial charge in [-0.3, -0.25) is 0 Å². The highest BCUT2D eigenvalue weighted by Gasteiger charge is 2.19. The molecule has 12 heavy (non-hydrogen) atoms. The zero-order chi connectivity index (χ0) is 9.19. The van der Waals surface area contributed by atoms with Gasteiger partial charge in [-0.25, -0.2) is 0 Å². The molecule has 2 heteroatoms. The minimum absolute atomic E-state index is 1.15. The molecule has 64 valence electrons. The van der Waals surface area contributed by atoms with Gasteiger partial charge in [0.05, 0.1) is 0 Å². The Balaban J connectivity index is 3.10. The average Bonchev–Trinajstić information content (AvgIpc) is 2.03. The van der Waals surface area contributed by atoms with Crippen LogP contribution >= 0.6 is 11.1 Å². The summed E-state index contributed by atoms with van der Waals surface area (Å²) in [5, 5.41) is 1.27. The molecule has 0 aliphatic rings. The van der Waals surface area contributed by atoms with E-state index in [-0.39, 0.29) is 0 Å². The van der Waals surface area contributed by atoms with Crippen molar-refractivity contribution >= 4 is 29.7 Å². The first-order chi connectivity index (χ1) is 5.54. The van der Waals surface area contributed by atoms with Crippen molar-refractivity contribution in [3.8, 4) is 0 Å². The van der Waals surface area contributed by atoms with Gasteiger partial charge in [0.15, 0.2) is 7.38 Å². The summed E-state index contributed by atoms with van der Waals surface area (Å²) in [5.41, 5.74) is 1.15. The van der Waals surface area contributed by atoms with E-state index in [9.17, 15) is 0 Å². The third-order valence-corrected chi connectivity index (χ3v) is 4.15. The summed E-state index contributed by atoms with van der Waals surface area (Å²) in [5.74, 6) is 0. The van der Waals surface area contributed by atoms with Crippen LogP contribution in [0.4, 0.5) is 0 Å². The van der Waals surface area contributed by atoms with Gasteiger partial charge in [-0.15, -0.1) is 0 Å². The first kappa shape index (κ1) is 9.55. The molecule has 0 spiro atoms. The van der Waals surface area contributed by atoms with Crippen LogP contribution in [0.3, 0.4) is 0 Å². The number of rotatable bonds is 2. The lowest BCUT2D eigenvalue weighted by atomic mass is 10.2.